The van der Waals surface area contributed by atoms with Crippen molar-refractivity contribution in [2.24, 2.45) is 5.92 Å². The van der Waals surface area contributed by atoms with Gasteiger partial charge in [-0.2, -0.15) is 0 Å². The van der Waals surface area contributed by atoms with Crippen molar-refractivity contribution in [3.63, 3.8) is 0 Å². The van der Waals surface area contributed by atoms with Crippen molar-refractivity contribution in [2.75, 3.05) is 7.11 Å². The molecule has 0 unspecified atom stereocenters. The molecule has 1 saturated heterocycles. The van der Waals surface area contributed by atoms with E-state index in [1.807, 2.05) is 51.1 Å². The number of hydrogen-bond donors (Lipinski definition) is 1. The van der Waals surface area contributed by atoms with E-state index in [0.717, 1.165) is 5.56 Å². The molecule has 1 heterocycles. The SMILES string of the molecule is COC(=O)[C@]1(C)C[C@H](C(=O)OC(C)(C)C)[C@H](c2ccccc2)N1. The molecule has 0 spiro atoms. The highest BCUT2D eigenvalue weighted by molar-refractivity contribution is 5.84. The molecule has 0 bridgehead atoms. The number of nitrogens with one attached hydrogen (secondary N) is 1. The van der Waals surface area contributed by atoms with Gasteiger partial charge in [-0.05, 0) is 39.7 Å². The fourth-order valence-corrected chi connectivity index (χ4v) is 3.00. The van der Waals surface area contributed by atoms with Gasteiger partial charge in [-0.15, -0.1) is 0 Å². The van der Waals surface area contributed by atoms with Crippen molar-refractivity contribution in [3.8, 4) is 0 Å². The monoisotopic (exact) mass is 319 g/mol. The summed E-state index contributed by atoms with van der Waals surface area (Å²) < 4.78 is 10.4. The number of carbonyl (C=O) groups is 2. The smallest absolute Gasteiger partial charge is 0.325 e. The normalized spacial score (nSPS) is 27.5. The number of esters is 2. The number of benzene rings is 1. The lowest BCUT2D eigenvalue weighted by Crippen LogP contribution is -2.45. The number of ether oxygens (including phenoxy) is 2. The van der Waals surface area contributed by atoms with Crippen molar-refractivity contribution < 1.29 is 19.1 Å². The van der Waals surface area contributed by atoms with E-state index in [-0.39, 0.29) is 18.0 Å². The summed E-state index contributed by atoms with van der Waals surface area (Å²) in [5.41, 5.74) is -0.518. The van der Waals surface area contributed by atoms with Gasteiger partial charge in [0.1, 0.15) is 11.1 Å². The Kier molecular flexibility index (Phi) is 4.80. The van der Waals surface area contributed by atoms with Gasteiger partial charge in [0, 0.05) is 6.04 Å². The van der Waals surface area contributed by atoms with Gasteiger partial charge in [0.05, 0.1) is 13.0 Å². The Morgan fingerprint density at radius 3 is 2.35 bits per heavy atom. The number of carbonyl (C=O) groups excluding carboxylic acids is 2. The van der Waals surface area contributed by atoms with Crippen LogP contribution in [0.15, 0.2) is 30.3 Å². The lowest BCUT2D eigenvalue weighted by atomic mass is 9.90. The van der Waals surface area contributed by atoms with Gasteiger partial charge < -0.3 is 9.47 Å². The molecule has 0 amide bonds. The Bertz CT molecular complexity index is 578. The predicted molar refractivity (Wildman–Crippen MR) is 86.7 cm³/mol. The molecule has 1 fully saturated rings. The first-order chi connectivity index (χ1) is 10.7. The highest BCUT2D eigenvalue weighted by Gasteiger charge is 2.51. The largest absolute Gasteiger partial charge is 0.468 e. The van der Waals surface area contributed by atoms with E-state index in [1.165, 1.54) is 7.11 Å². The lowest BCUT2D eigenvalue weighted by Gasteiger charge is -2.25. The van der Waals surface area contributed by atoms with Crippen LogP contribution in [0.2, 0.25) is 0 Å². The van der Waals surface area contributed by atoms with E-state index < -0.39 is 17.1 Å². The van der Waals surface area contributed by atoms with Crippen LogP contribution >= 0.6 is 0 Å². The van der Waals surface area contributed by atoms with Gasteiger partial charge >= 0.3 is 11.9 Å². The maximum Gasteiger partial charge on any atom is 0.325 e. The fraction of sp³-hybridized carbons (Fsp3) is 0.556. The van der Waals surface area contributed by atoms with Crippen LogP contribution in [0.5, 0.6) is 0 Å². The number of rotatable bonds is 3. The molecule has 1 aliphatic rings. The van der Waals surface area contributed by atoms with Gasteiger partial charge in [0.15, 0.2) is 0 Å². The second kappa shape index (κ2) is 6.32. The molecule has 3 atom stereocenters. The van der Waals surface area contributed by atoms with Crippen LogP contribution in [0.3, 0.4) is 0 Å². The van der Waals surface area contributed by atoms with E-state index >= 15 is 0 Å². The molecule has 2 rings (SSSR count). The molecule has 0 aromatic heterocycles. The van der Waals surface area contributed by atoms with Gasteiger partial charge in [-0.25, -0.2) is 0 Å². The Balaban J connectivity index is 2.32. The summed E-state index contributed by atoms with van der Waals surface area (Å²) in [5.74, 6) is -1.11. The fourth-order valence-electron chi connectivity index (χ4n) is 3.00. The van der Waals surface area contributed by atoms with E-state index in [9.17, 15) is 9.59 Å². The zero-order valence-electron chi connectivity index (χ0n) is 14.4. The minimum Gasteiger partial charge on any atom is -0.468 e. The lowest BCUT2D eigenvalue weighted by molar-refractivity contribution is -0.160. The van der Waals surface area contributed by atoms with Crippen molar-refractivity contribution in [2.45, 2.75) is 51.3 Å². The van der Waals surface area contributed by atoms with Crippen LogP contribution in [-0.4, -0.2) is 30.2 Å². The third kappa shape index (κ3) is 3.91. The molecule has 0 aliphatic carbocycles. The molecule has 1 aliphatic heterocycles. The molecular weight excluding hydrogens is 294 g/mol. The standard InChI is InChI=1S/C18H25NO4/c1-17(2,3)23-15(20)13-11-18(4,16(21)22-5)19-14(13)12-9-7-6-8-10-12/h6-10,13-14,19H,11H2,1-5H3/t13-,14-,18-/m0/s1. The summed E-state index contributed by atoms with van der Waals surface area (Å²) in [6.07, 6.45) is 0.341. The van der Waals surface area contributed by atoms with Gasteiger partial charge in [0.25, 0.3) is 0 Å². The van der Waals surface area contributed by atoms with Crippen LogP contribution < -0.4 is 5.32 Å². The highest BCUT2D eigenvalue weighted by atomic mass is 16.6. The summed E-state index contributed by atoms with van der Waals surface area (Å²) in [5, 5.41) is 3.28. The minimum absolute atomic E-state index is 0.282. The topological polar surface area (TPSA) is 64.6 Å². The van der Waals surface area contributed by atoms with Crippen molar-refractivity contribution in [1.29, 1.82) is 0 Å². The molecule has 0 radical (unpaired) electrons. The maximum atomic E-state index is 12.6. The van der Waals surface area contributed by atoms with Crippen LogP contribution in [0, 0.1) is 5.92 Å². The Morgan fingerprint density at radius 1 is 1.22 bits per heavy atom. The summed E-state index contributed by atoms with van der Waals surface area (Å²) in [6.45, 7) is 7.28. The van der Waals surface area contributed by atoms with E-state index in [2.05, 4.69) is 5.32 Å². The third-order valence-electron chi connectivity index (χ3n) is 4.01. The highest BCUT2D eigenvalue weighted by Crippen LogP contribution is 2.40. The first-order valence-electron chi connectivity index (χ1n) is 7.80. The average Bonchev–Trinajstić information content (AvgIpc) is 2.85. The van der Waals surface area contributed by atoms with Gasteiger partial charge in [0.2, 0.25) is 0 Å². The molecule has 5 nitrogen and oxygen atoms in total. The first-order valence-corrected chi connectivity index (χ1v) is 7.80. The molecule has 23 heavy (non-hydrogen) atoms. The van der Waals surface area contributed by atoms with Crippen molar-refractivity contribution >= 4 is 11.9 Å². The molecule has 1 aromatic carbocycles. The first kappa shape index (κ1) is 17.5. The molecule has 1 aromatic rings. The van der Waals surface area contributed by atoms with E-state index in [1.54, 1.807) is 6.92 Å². The summed E-state index contributed by atoms with van der Waals surface area (Å²) >= 11 is 0. The summed E-state index contributed by atoms with van der Waals surface area (Å²) in [7, 11) is 1.35. The van der Waals surface area contributed by atoms with E-state index in [0.29, 0.717) is 6.42 Å². The van der Waals surface area contributed by atoms with E-state index in [4.69, 9.17) is 9.47 Å². The summed E-state index contributed by atoms with van der Waals surface area (Å²) in [4.78, 5) is 24.8. The van der Waals surface area contributed by atoms with Crippen LogP contribution in [0.1, 0.15) is 45.7 Å². The maximum absolute atomic E-state index is 12.6. The molecular formula is C18H25NO4. The molecule has 0 saturated carbocycles. The van der Waals surface area contributed by atoms with Crippen molar-refractivity contribution in [1.82, 2.24) is 5.32 Å². The zero-order valence-corrected chi connectivity index (χ0v) is 14.4. The second-order valence-corrected chi connectivity index (χ2v) is 7.20. The van der Waals surface area contributed by atoms with Crippen LogP contribution in [0.25, 0.3) is 0 Å². The van der Waals surface area contributed by atoms with Crippen LogP contribution in [0.4, 0.5) is 0 Å². The van der Waals surface area contributed by atoms with Gasteiger partial charge in [-0.3, -0.25) is 14.9 Å². The molecule has 5 heteroatoms. The minimum atomic E-state index is -0.906. The quantitative estimate of drug-likeness (QED) is 0.868. The Hall–Kier alpha value is -1.88. The molecule has 126 valence electrons. The average molecular weight is 319 g/mol. The molecule has 1 N–H and O–H groups in total. The number of hydrogen-bond acceptors (Lipinski definition) is 5. The second-order valence-electron chi connectivity index (χ2n) is 7.20. The van der Waals surface area contributed by atoms with Gasteiger partial charge in [-0.1, -0.05) is 30.3 Å². The number of methoxy groups -OCH3 is 1. The third-order valence-corrected chi connectivity index (χ3v) is 4.01. The van der Waals surface area contributed by atoms with Crippen molar-refractivity contribution in [3.05, 3.63) is 35.9 Å². The zero-order chi connectivity index (χ0) is 17.3. The Labute approximate surface area is 137 Å². The van der Waals surface area contributed by atoms with Crippen LogP contribution in [-0.2, 0) is 19.1 Å². The predicted octanol–water partition coefficient (Wildman–Crippen LogP) is 2.61. The Morgan fingerprint density at radius 2 is 1.83 bits per heavy atom. The summed E-state index contributed by atoms with van der Waals surface area (Å²) in [6, 6.07) is 9.35.